The molecule has 1 N–H and O–H groups in total. The molecule has 0 aromatic heterocycles. The highest BCUT2D eigenvalue weighted by Gasteiger charge is 2.14. The van der Waals surface area contributed by atoms with Gasteiger partial charge in [-0.2, -0.15) is 0 Å². The first-order chi connectivity index (χ1) is 4.72. The molecule has 56 valence electrons. The summed E-state index contributed by atoms with van der Waals surface area (Å²) in [5, 5.41) is 10.4. The van der Waals surface area contributed by atoms with Crippen LogP contribution >= 0.6 is 12.2 Å². The predicted octanol–water partition coefficient (Wildman–Crippen LogP) is 0.189. The monoisotopic (exact) mass is 161 g/mol. The van der Waals surface area contributed by atoms with Crippen LogP contribution in [-0.4, -0.2) is 36.0 Å². The summed E-state index contributed by atoms with van der Waals surface area (Å²) in [6.07, 6.45) is 0. The molecule has 0 rings (SSSR count). The van der Waals surface area contributed by atoms with Crippen LogP contribution in [0, 0.1) is 0 Å². The van der Waals surface area contributed by atoms with Gasteiger partial charge in [-0.25, -0.2) is 9.79 Å². The third-order valence-electron chi connectivity index (χ3n) is 0.818. The number of aliphatic carboxylic acids is 1. The number of carboxylic acids is 1. The highest BCUT2D eigenvalue weighted by molar-refractivity contribution is 7.78. The Labute approximate surface area is 63.5 Å². The molecule has 1 atom stereocenters. The van der Waals surface area contributed by atoms with Crippen molar-refractivity contribution in [1.29, 1.82) is 0 Å². The van der Waals surface area contributed by atoms with E-state index >= 15 is 0 Å². The summed E-state index contributed by atoms with van der Waals surface area (Å²) in [4.78, 5) is 13.6. The van der Waals surface area contributed by atoms with E-state index in [0.717, 1.165) is 0 Å². The van der Waals surface area contributed by atoms with Crippen LogP contribution in [-0.2, 0) is 9.53 Å². The molecule has 0 aliphatic rings. The zero-order valence-electron chi connectivity index (χ0n) is 5.40. The number of nitrogens with zero attached hydrogens (tertiary/aromatic N) is 1. The molecule has 0 aromatic rings. The summed E-state index contributed by atoms with van der Waals surface area (Å²) in [6, 6.07) is -0.914. The average molecular weight is 161 g/mol. The van der Waals surface area contributed by atoms with E-state index in [-0.39, 0.29) is 6.61 Å². The fourth-order valence-electron chi connectivity index (χ4n) is 0.385. The third-order valence-corrected chi connectivity index (χ3v) is 0.924. The highest BCUT2D eigenvalue weighted by Crippen LogP contribution is 1.89. The van der Waals surface area contributed by atoms with Gasteiger partial charge in [0.05, 0.1) is 11.8 Å². The van der Waals surface area contributed by atoms with Crippen LogP contribution in [0.1, 0.15) is 0 Å². The van der Waals surface area contributed by atoms with Gasteiger partial charge >= 0.3 is 5.97 Å². The van der Waals surface area contributed by atoms with Gasteiger partial charge in [-0.3, -0.25) is 0 Å². The van der Waals surface area contributed by atoms with Gasteiger partial charge in [0, 0.05) is 7.11 Å². The predicted molar refractivity (Wildman–Crippen MR) is 38.3 cm³/mol. The van der Waals surface area contributed by atoms with Gasteiger partial charge in [0.2, 0.25) is 0 Å². The summed E-state index contributed by atoms with van der Waals surface area (Å²) in [5.74, 6) is -1.06. The van der Waals surface area contributed by atoms with E-state index in [0.29, 0.717) is 0 Å². The van der Waals surface area contributed by atoms with E-state index in [1.807, 2.05) is 5.16 Å². The molecule has 0 saturated carbocycles. The number of isothiocyanates is 1. The molecule has 0 saturated heterocycles. The van der Waals surface area contributed by atoms with E-state index in [9.17, 15) is 4.79 Å². The Morgan fingerprint density at radius 3 is 2.90 bits per heavy atom. The van der Waals surface area contributed by atoms with Crippen LogP contribution < -0.4 is 0 Å². The number of rotatable bonds is 4. The lowest BCUT2D eigenvalue weighted by Crippen LogP contribution is -2.22. The first-order valence-corrected chi connectivity index (χ1v) is 2.92. The maximum atomic E-state index is 10.2. The van der Waals surface area contributed by atoms with Crippen LogP contribution in [0.3, 0.4) is 0 Å². The molecule has 0 amide bonds. The molecule has 0 heterocycles. The van der Waals surface area contributed by atoms with Crippen molar-refractivity contribution in [1.82, 2.24) is 0 Å². The van der Waals surface area contributed by atoms with Crippen molar-refractivity contribution < 1.29 is 14.6 Å². The smallest absolute Gasteiger partial charge is 0.331 e. The fourth-order valence-corrected chi connectivity index (χ4v) is 0.513. The van der Waals surface area contributed by atoms with Crippen LogP contribution in [0.15, 0.2) is 4.99 Å². The molecule has 10 heavy (non-hydrogen) atoms. The molecular formula is C5H7NO3S. The van der Waals surface area contributed by atoms with Gasteiger partial charge in [0.1, 0.15) is 0 Å². The summed E-state index contributed by atoms with van der Waals surface area (Å²) in [6.45, 7) is 0.0268. The molecule has 4 nitrogen and oxygen atoms in total. The van der Waals surface area contributed by atoms with Gasteiger partial charge in [0.15, 0.2) is 6.04 Å². The van der Waals surface area contributed by atoms with Gasteiger partial charge in [-0.05, 0) is 12.2 Å². The molecule has 0 unspecified atom stereocenters. The standard InChI is InChI=1S/C5H7NO3S/c1-9-2-4(5(7)8)6-3-10/h4H,2H2,1H3,(H,7,8)/t4-/m0/s1. The molecule has 0 aliphatic carbocycles. The minimum absolute atomic E-state index is 0.0268. The maximum Gasteiger partial charge on any atom is 0.331 e. The molecule has 0 bridgehead atoms. The quantitative estimate of drug-likeness (QED) is 0.472. The second kappa shape index (κ2) is 5.05. The van der Waals surface area contributed by atoms with Crippen LogP contribution in [0.5, 0.6) is 0 Å². The molecule has 0 spiro atoms. The first kappa shape index (κ1) is 9.23. The van der Waals surface area contributed by atoms with Crippen LogP contribution in [0.25, 0.3) is 0 Å². The zero-order valence-corrected chi connectivity index (χ0v) is 6.22. The Bertz CT molecular complexity index is 162. The summed E-state index contributed by atoms with van der Waals surface area (Å²) in [5.41, 5.74) is 0. The molecule has 0 radical (unpaired) electrons. The van der Waals surface area contributed by atoms with Crippen LogP contribution in [0.4, 0.5) is 0 Å². The Morgan fingerprint density at radius 2 is 2.60 bits per heavy atom. The van der Waals surface area contributed by atoms with E-state index in [4.69, 9.17) is 5.11 Å². The number of aliphatic imine (C=N–C) groups is 1. The van der Waals surface area contributed by atoms with E-state index in [1.54, 1.807) is 0 Å². The van der Waals surface area contributed by atoms with Crippen molar-refractivity contribution in [2.75, 3.05) is 13.7 Å². The van der Waals surface area contributed by atoms with Crippen LogP contribution in [0.2, 0.25) is 0 Å². The Kier molecular flexibility index (Phi) is 4.66. The molecule has 5 heteroatoms. The fraction of sp³-hybridized carbons (Fsp3) is 0.600. The van der Waals surface area contributed by atoms with E-state index in [1.165, 1.54) is 7.11 Å². The molecule has 0 aromatic carbocycles. The first-order valence-electron chi connectivity index (χ1n) is 2.51. The van der Waals surface area contributed by atoms with Gasteiger partial charge in [-0.1, -0.05) is 0 Å². The number of thiocarbonyl (C=S) groups is 1. The minimum Gasteiger partial charge on any atom is -0.480 e. The second-order valence-corrected chi connectivity index (χ2v) is 1.71. The Balaban J connectivity index is 3.97. The van der Waals surface area contributed by atoms with Gasteiger partial charge in [0.25, 0.3) is 0 Å². The normalized spacial score (nSPS) is 11.7. The average Bonchev–Trinajstić information content (AvgIpc) is 1.87. The molecular weight excluding hydrogens is 154 g/mol. The molecule has 0 fully saturated rings. The van der Waals surface area contributed by atoms with Crippen molar-refractivity contribution >= 4 is 23.3 Å². The number of carboxylic acid groups (broad SMARTS) is 1. The van der Waals surface area contributed by atoms with Crippen molar-refractivity contribution in [2.45, 2.75) is 6.04 Å². The van der Waals surface area contributed by atoms with Gasteiger partial charge < -0.3 is 9.84 Å². The van der Waals surface area contributed by atoms with Crippen molar-refractivity contribution in [2.24, 2.45) is 4.99 Å². The summed E-state index contributed by atoms with van der Waals surface area (Å²) < 4.78 is 4.56. The zero-order chi connectivity index (χ0) is 7.98. The highest BCUT2D eigenvalue weighted by atomic mass is 32.1. The van der Waals surface area contributed by atoms with E-state index < -0.39 is 12.0 Å². The molecule has 0 aliphatic heterocycles. The number of methoxy groups -OCH3 is 1. The number of ether oxygens (including phenoxy) is 1. The minimum atomic E-state index is -1.06. The number of carbonyl (C=O) groups is 1. The van der Waals surface area contributed by atoms with Gasteiger partial charge in [-0.15, -0.1) is 0 Å². The number of hydrogen-bond acceptors (Lipinski definition) is 4. The Morgan fingerprint density at radius 1 is 2.00 bits per heavy atom. The summed E-state index contributed by atoms with van der Waals surface area (Å²) >= 11 is 4.23. The largest absolute Gasteiger partial charge is 0.480 e. The second-order valence-electron chi connectivity index (χ2n) is 1.53. The SMILES string of the molecule is COC[C@H](N=C=S)C(=O)O. The van der Waals surface area contributed by atoms with E-state index in [2.05, 4.69) is 21.9 Å². The maximum absolute atomic E-state index is 10.2. The van der Waals surface area contributed by atoms with Crippen molar-refractivity contribution in [3.8, 4) is 0 Å². The summed E-state index contributed by atoms with van der Waals surface area (Å²) in [7, 11) is 1.40. The van der Waals surface area contributed by atoms with Crippen molar-refractivity contribution in [3.05, 3.63) is 0 Å². The lowest BCUT2D eigenvalue weighted by atomic mass is 10.3. The lowest BCUT2D eigenvalue weighted by Gasteiger charge is -2.01. The number of hydrogen-bond donors (Lipinski definition) is 1. The lowest BCUT2D eigenvalue weighted by molar-refractivity contribution is -0.139. The topological polar surface area (TPSA) is 58.9 Å². The Hall–Kier alpha value is -0.770. The third kappa shape index (κ3) is 3.29. The van der Waals surface area contributed by atoms with Crippen molar-refractivity contribution in [3.63, 3.8) is 0 Å².